The van der Waals surface area contributed by atoms with Crippen LogP contribution in [0.2, 0.25) is 0 Å². The predicted octanol–water partition coefficient (Wildman–Crippen LogP) is 1.54. The number of nitrogens with zero attached hydrogens (tertiary/aromatic N) is 1. The van der Waals surface area contributed by atoms with E-state index in [0.717, 1.165) is 25.9 Å². The molecule has 0 bridgehead atoms. The Hall–Kier alpha value is -0.860. The molecular weight excluding hydrogens is 186 g/mol. The predicted molar refractivity (Wildman–Crippen MR) is 61.8 cm³/mol. The van der Waals surface area contributed by atoms with E-state index in [0.29, 0.717) is 5.92 Å². The zero-order valence-corrected chi connectivity index (χ0v) is 9.26. The van der Waals surface area contributed by atoms with Crippen LogP contribution in [0.15, 0.2) is 30.3 Å². The minimum Gasteiger partial charge on any atom is -0.393 e. The summed E-state index contributed by atoms with van der Waals surface area (Å²) in [5.74, 6) is 0.395. The SMILES string of the molecule is CN1CCC(O)C(Cc2ccccc2)C1. The number of benzene rings is 1. The molecule has 2 atom stereocenters. The quantitative estimate of drug-likeness (QED) is 0.791. The van der Waals surface area contributed by atoms with Crippen LogP contribution in [0.5, 0.6) is 0 Å². The molecule has 1 aliphatic rings. The van der Waals surface area contributed by atoms with E-state index < -0.39 is 0 Å². The molecular formula is C13H19NO. The highest BCUT2D eigenvalue weighted by Crippen LogP contribution is 2.20. The van der Waals surface area contributed by atoms with Gasteiger partial charge in [0.2, 0.25) is 0 Å². The lowest BCUT2D eigenvalue weighted by Gasteiger charge is -2.34. The average molecular weight is 205 g/mol. The molecule has 0 saturated carbocycles. The van der Waals surface area contributed by atoms with Crippen LogP contribution >= 0.6 is 0 Å². The third-order valence-electron chi connectivity index (χ3n) is 3.24. The highest BCUT2D eigenvalue weighted by molar-refractivity contribution is 5.15. The number of aliphatic hydroxyl groups is 1. The maximum Gasteiger partial charge on any atom is 0.0596 e. The number of aliphatic hydroxyl groups excluding tert-OH is 1. The van der Waals surface area contributed by atoms with Gasteiger partial charge >= 0.3 is 0 Å². The molecule has 1 fully saturated rings. The van der Waals surface area contributed by atoms with Gasteiger partial charge in [0.25, 0.3) is 0 Å². The van der Waals surface area contributed by atoms with Gasteiger partial charge < -0.3 is 10.0 Å². The van der Waals surface area contributed by atoms with Crippen molar-refractivity contribution in [2.75, 3.05) is 20.1 Å². The van der Waals surface area contributed by atoms with Gasteiger partial charge in [0, 0.05) is 19.0 Å². The monoisotopic (exact) mass is 205 g/mol. The molecule has 1 saturated heterocycles. The van der Waals surface area contributed by atoms with Crippen LogP contribution in [-0.4, -0.2) is 36.2 Å². The third-order valence-corrected chi connectivity index (χ3v) is 3.24. The van der Waals surface area contributed by atoms with Gasteiger partial charge in [-0.1, -0.05) is 30.3 Å². The number of rotatable bonds is 2. The Labute approximate surface area is 91.5 Å². The number of hydrogen-bond donors (Lipinski definition) is 1. The highest BCUT2D eigenvalue weighted by atomic mass is 16.3. The summed E-state index contributed by atoms with van der Waals surface area (Å²) in [6, 6.07) is 10.4. The van der Waals surface area contributed by atoms with Gasteiger partial charge in [-0.3, -0.25) is 0 Å². The van der Waals surface area contributed by atoms with Crippen LogP contribution < -0.4 is 0 Å². The summed E-state index contributed by atoms with van der Waals surface area (Å²) < 4.78 is 0. The van der Waals surface area contributed by atoms with Crippen LogP contribution in [0.1, 0.15) is 12.0 Å². The average Bonchev–Trinajstić information content (AvgIpc) is 2.25. The van der Waals surface area contributed by atoms with Crippen molar-refractivity contribution in [3.63, 3.8) is 0 Å². The maximum atomic E-state index is 9.92. The van der Waals surface area contributed by atoms with E-state index in [4.69, 9.17) is 0 Å². The highest BCUT2D eigenvalue weighted by Gasteiger charge is 2.25. The lowest BCUT2D eigenvalue weighted by Crippen LogP contribution is -2.41. The Morgan fingerprint density at radius 3 is 2.80 bits per heavy atom. The van der Waals surface area contributed by atoms with E-state index in [-0.39, 0.29) is 6.10 Å². The van der Waals surface area contributed by atoms with Crippen LogP contribution in [-0.2, 0) is 6.42 Å². The van der Waals surface area contributed by atoms with Crippen LogP contribution in [0, 0.1) is 5.92 Å². The zero-order valence-electron chi connectivity index (χ0n) is 9.26. The summed E-state index contributed by atoms with van der Waals surface area (Å²) in [4.78, 5) is 2.31. The third kappa shape index (κ3) is 2.80. The van der Waals surface area contributed by atoms with E-state index in [1.165, 1.54) is 5.56 Å². The topological polar surface area (TPSA) is 23.5 Å². The molecule has 2 rings (SSSR count). The summed E-state index contributed by atoms with van der Waals surface area (Å²) in [7, 11) is 2.13. The molecule has 1 heterocycles. The Morgan fingerprint density at radius 1 is 1.33 bits per heavy atom. The Morgan fingerprint density at radius 2 is 2.07 bits per heavy atom. The molecule has 15 heavy (non-hydrogen) atoms. The molecule has 0 aliphatic carbocycles. The van der Waals surface area contributed by atoms with Crippen molar-refractivity contribution in [2.45, 2.75) is 18.9 Å². The van der Waals surface area contributed by atoms with Crippen molar-refractivity contribution in [1.82, 2.24) is 4.90 Å². The number of hydrogen-bond acceptors (Lipinski definition) is 2. The van der Waals surface area contributed by atoms with Gasteiger partial charge in [-0.15, -0.1) is 0 Å². The summed E-state index contributed by atoms with van der Waals surface area (Å²) in [5.41, 5.74) is 1.33. The molecule has 0 radical (unpaired) electrons. The van der Waals surface area contributed by atoms with Gasteiger partial charge in [0.05, 0.1) is 6.10 Å². The Balaban J connectivity index is 1.98. The second-order valence-corrected chi connectivity index (χ2v) is 4.57. The normalized spacial score (nSPS) is 27.9. The van der Waals surface area contributed by atoms with Crippen LogP contribution in [0.3, 0.4) is 0 Å². The van der Waals surface area contributed by atoms with Crippen molar-refractivity contribution in [2.24, 2.45) is 5.92 Å². The van der Waals surface area contributed by atoms with Crippen molar-refractivity contribution < 1.29 is 5.11 Å². The van der Waals surface area contributed by atoms with Crippen LogP contribution in [0.4, 0.5) is 0 Å². The largest absolute Gasteiger partial charge is 0.393 e. The lowest BCUT2D eigenvalue weighted by atomic mass is 9.89. The van der Waals surface area contributed by atoms with E-state index in [1.54, 1.807) is 0 Å². The van der Waals surface area contributed by atoms with E-state index >= 15 is 0 Å². The molecule has 0 aromatic heterocycles. The molecule has 1 aromatic carbocycles. The number of likely N-dealkylation sites (tertiary alicyclic amines) is 1. The van der Waals surface area contributed by atoms with Gasteiger partial charge in [-0.05, 0) is 25.5 Å². The first-order valence-corrected chi connectivity index (χ1v) is 5.66. The standard InChI is InChI=1S/C13H19NO/c1-14-8-7-13(15)12(10-14)9-11-5-3-2-4-6-11/h2-6,12-13,15H,7-10H2,1H3. The minimum atomic E-state index is -0.124. The second kappa shape index (κ2) is 4.77. The Kier molecular flexibility index (Phi) is 3.39. The minimum absolute atomic E-state index is 0.124. The molecule has 1 aromatic rings. The first-order chi connectivity index (χ1) is 7.25. The fourth-order valence-electron chi connectivity index (χ4n) is 2.32. The molecule has 0 spiro atoms. The molecule has 82 valence electrons. The lowest BCUT2D eigenvalue weighted by molar-refractivity contribution is 0.0366. The van der Waals surface area contributed by atoms with Crippen molar-refractivity contribution in [1.29, 1.82) is 0 Å². The summed E-state index contributed by atoms with van der Waals surface area (Å²) >= 11 is 0. The first-order valence-electron chi connectivity index (χ1n) is 5.66. The molecule has 2 unspecified atom stereocenters. The second-order valence-electron chi connectivity index (χ2n) is 4.57. The maximum absolute atomic E-state index is 9.92. The fraction of sp³-hybridized carbons (Fsp3) is 0.538. The van der Waals surface area contributed by atoms with Gasteiger partial charge in [-0.25, -0.2) is 0 Å². The summed E-state index contributed by atoms with van der Waals surface area (Å²) in [6.45, 7) is 2.03. The van der Waals surface area contributed by atoms with Crippen LogP contribution in [0.25, 0.3) is 0 Å². The molecule has 1 aliphatic heterocycles. The first kappa shape index (κ1) is 10.7. The van der Waals surface area contributed by atoms with Gasteiger partial charge in [0.15, 0.2) is 0 Å². The van der Waals surface area contributed by atoms with Crippen molar-refractivity contribution in [3.05, 3.63) is 35.9 Å². The van der Waals surface area contributed by atoms with Crippen molar-refractivity contribution in [3.8, 4) is 0 Å². The van der Waals surface area contributed by atoms with E-state index in [9.17, 15) is 5.11 Å². The summed E-state index contributed by atoms with van der Waals surface area (Å²) in [5, 5.41) is 9.92. The molecule has 1 N–H and O–H groups in total. The van der Waals surface area contributed by atoms with Crippen molar-refractivity contribution >= 4 is 0 Å². The molecule has 2 nitrogen and oxygen atoms in total. The fourth-order valence-corrected chi connectivity index (χ4v) is 2.32. The molecule has 2 heteroatoms. The summed E-state index contributed by atoms with van der Waals surface area (Å²) in [6.07, 6.45) is 1.78. The van der Waals surface area contributed by atoms with E-state index in [1.807, 2.05) is 6.07 Å². The van der Waals surface area contributed by atoms with E-state index in [2.05, 4.69) is 36.2 Å². The Bertz CT molecular complexity index is 299. The molecule has 0 amide bonds. The van der Waals surface area contributed by atoms with Gasteiger partial charge in [0.1, 0.15) is 0 Å². The number of piperidine rings is 1. The van der Waals surface area contributed by atoms with Gasteiger partial charge in [-0.2, -0.15) is 0 Å². The smallest absolute Gasteiger partial charge is 0.0596 e. The zero-order chi connectivity index (χ0) is 10.7.